The number of halogens is 1. The number of hydrogen-bond donors (Lipinski definition) is 0. The molecule has 0 radical (unpaired) electrons. The molecule has 0 heterocycles. The van der Waals surface area contributed by atoms with Gasteiger partial charge in [-0.05, 0) is 49.1 Å². The molecule has 16 heavy (non-hydrogen) atoms. The van der Waals surface area contributed by atoms with Crippen LogP contribution in [0.25, 0.3) is 0 Å². The quantitative estimate of drug-likeness (QED) is 0.504. The van der Waals surface area contributed by atoms with Gasteiger partial charge in [-0.1, -0.05) is 37.1 Å². The highest BCUT2D eigenvalue weighted by Gasteiger charge is 2.18. The molecule has 0 saturated heterocycles. The number of unbranched alkanes of at least 4 members (excludes halogenated alkanes) is 2. The van der Waals surface area contributed by atoms with E-state index in [0.717, 1.165) is 11.8 Å². The summed E-state index contributed by atoms with van der Waals surface area (Å²) in [5.74, 6) is 1.64. The van der Waals surface area contributed by atoms with Crippen molar-refractivity contribution in [3.05, 3.63) is 35.4 Å². The van der Waals surface area contributed by atoms with Gasteiger partial charge < -0.3 is 0 Å². The normalized spacial score (nSPS) is 19.4. The number of aryl methyl sites for hydroxylation is 1. The molecule has 0 bridgehead atoms. The van der Waals surface area contributed by atoms with Crippen molar-refractivity contribution in [3.8, 4) is 0 Å². The maximum atomic E-state index is 5.70. The number of benzene rings is 1. The molecule has 1 aliphatic carbocycles. The summed E-state index contributed by atoms with van der Waals surface area (Å²) in [6.45, 7) is 0. The molecule has 1 aromatic rings. The van der Waals surface area contributed by atoms with Gasteiger partial charge in [0.2, 0.25) is 0 Å². The summed E-state index contributed by atoms with van der Waals surface area (Å²) in [6, 6.07) is 9.01. The molecule has 2 rings (SSSR count). The second-order valence-corrected chi connectivity index (χ2v) is 5.20. The summed E-state index contributed by atoms with van der Waals surface area (Å²) < 4.78 is 0. The number of hydrogen-bond acceptors (Lipinski definition) is 0. The maximum Gasteiger partial charge on any atom is 0.0223 e. The van der Waals surface area contributed by atoms with Crippen LogP contribution in [0.4, 0.5) is 0 Å². The lowest BCUT2D eigenvalue weighted by molar-refractivity contribution is 0.494. The molecule has 0 aliphatic heterocycles. The van der Waals surface area contributed by atoms with Gasteiger partial charge >= 0.3 is 0 Å². The second kappa shape index (κ2) is 6.30. The summed E-state index contributed by atoms with van der Waals surface area (Å²) in [6.07, 6.45) is 9.21. The minimum atomic E-state index is 0.820. The molecular formula is C15H21Cl. The van der Waals surface area contributed by atoms with Crippen LogP contribution in [-0.4, -0.2) is 5.88 Å². The van der Waals surface area contributed by atoms with E-state index in [0.29, 0.717) is 0 Å². The first-order valence-electron chi connectivity index (χ1n) is 6.55. The summed E-state index contributed by atoms with van der Waals surface area (Å²) in [5, 5.41) is 0. The van der Waals surface area contributed by atoms with Gasteiger partial charge in [0.15, 0.2) is 0 Å². The molecule has 0 N–H and O–H groups in total. The van der Waals surface area contributed by atoms with Crippen LogP contribution in [0.15, 0.2) is 24.3 Å². The van der Waals surface area contributed by atoms with Crippen molar-refractivity contribution >= 4 is 11.6 Å². The average molecular weight is 237 g/mol. The molecule has 1 aromatic carbocycles. The summed E-state index contributed by atoms with van der Waals surface area (Å²) >= 11 is 5.70. The largest absolute Gasteiger partial charge is 0.127 e. The topological polar surface area (TPSA) is 0 Å². The molecule has 0 nitrogen and oxygen atoms in total. The lowest BCUT2D eigenvalue weighted by Crippen LogP contribution is -2.09. The minimum absolute atomic E-state index is 0.820. The molecule has 1 heteroatoms. The van der Waals surface area contributed by atoms with Crippen LogP contribution in [0.1, 0.15) is 55.6 Å². The first kappa shape index (κ1) is 12.0. The van der Waals surface area contributed by atoms with Crippen LogP contribution in [0.3, 0.4) is 0 Å². The first-order chi connectivity index (χ1) is 7.92. The zero-order chi connectivity index (χ0) is 11.2. The molecule has 0 unspecified atom stereocenters. The highest BCUT2D eigenvalue weighted by Crippen LogP contribution is 2.34. The van der Waals surface area contributed by atoms with Gasteiger partial charge in [-0.3, -0.25) is 0 Å². The van der Waals surface area contributed by atoms with Crippen LogP contribution in [0.2, 0.25) is 0 Å². The van der Waals surface area contributed by atoms with E-state index in [1.54, 1.807) is 11.1 Å². The van der Waals surface area contributed by atoms with Crippen LogP contribution in [0.5, 0.6) is 0 Å². The van der Waals surface area contributed by atoms with Crippen LogP contribution < -0.4 is 0 Å². The zero-order valence-electron chi connectivity index (χ0n) is 9.92. The summed E-state index contributed by atoms with van der Waals surface area (Å²) in [4.78, 5) is 0. The minimum Gasteiger partial charge on any atom is -0.127 e. The lowest BCUT2D eigenvalue weighted by atomic mass is 9.80. The highest BCUT2D eigenvalue weighted by atomic mass is 35.5. The molecule has 0 spiro atoms. The van der Waals surface area contributed by atoms with Crippen LogP contribution >= 0.6 is 11.6 Å². The second-order valence-electron chi connectivity index (χ2n) is 4.83. The molecule has 1 atom stereocenters. The fourth-order valence-corrected chi connectivity index (χ4v) is 3.01. The average Bonchev–Trinajstić information content (AvgIpc) is 2.35. The Morgan fingerprint density at radius 2 is 2.00 bits per heavy atom. The van der Waals surface area contributed by atoms with Crippen molar-refractivity contribution in [1.29, 1.82) is 0 Å². The Bertz CT molecular complexity index is 319. The van der Waals surface area contributed by atoms with Gasteiger partial charge in [0.25, 0.3) is 0 Å². The third kappa shape index (κ3) is 3.01. The Morgan fingerprint density at radius 1 is 1.12 bits per heavy atom. The van der Waals surface area contributed by atoms with E-state index in [9.17, 15) is 0 Å². The third-order valence-electron chi connectivity index (χ3n) is 3.68. The van der Waals surface area contributed by atoms with Gasteiger partial charge in [-0.15, -0.1) is 11.6 Å². The van der Waals surface area contributed by atoms with Gasteiger partial charge in [-0.25, -0.2) is 0 Å². The van der Waals surface area contributed by atoms with E-state index < -0.39 is 0 Å². The SMILES string of the molecule is ClCCCCC[C@@H]1CCCc2ccccc21. The molecule has 1 aliphatic rings. The van der Waals surface area contributed by atoms with E-state index in [4.69, 9.17) is 11.6 Å². The van der Waals surface area contributed by atoms with Crippen molar-refractivity contribution in [1.82, 2.24) is 0 Å². The van der Waals surface area contributed by atoms with Crippen LogP contribution in [-0.2, 0) is 6.42 Å². The fraction of sp³-hybridized carbons (Fsp3) is 0.600. The Morgan fingerprint density at radius 3 is 2.88 bits per heavy atom. The number of rotatable bonds is 5. The zero-order valence-corrected chi connectivity index (χ0v) is 10.7. The first-order valence-corrected chi connectivity index (χ1v) is 7.09. The smallest absolute Gasteiger partial charge is 0.0223 e. The fourth-order valence-electron chi connectivity index (χ4n) is 2.82. The number of fused-ring (bicyclic) bond motifs is 1. The third-order valence-corrected chi connectivity index (χ3v) is 3.95. The monoisotopic (exact) mass is 236 g/mol. The Labute approximate surface area is 104 Å². The predicted octanol–water partition coefficient (Wildman–Crippen LogP) is 4.91. The highest BCUT2D eigenvalue weighted by molar-refractivity contribution is 6.17. The molecule has 0 fully saturated rings. The Hall–Kier alpha value is -0.490. The Balaban J connectivity index is 1.91. The molecule has 0 aromatic heterocycles. The van der Waals surface area contributed by atoms with Gasteiger partial charge in [-0.2, -0.15) is 0 Å². The van der Waals surface area contributed by atoms with Crippen molar-refractivity contribution in [3.63, 3.8) is 0 Å². The van der Waals surface area contributed by atoms with E-state index in [2.05, 4.69) is 24.3 Å². The van der Waals surface area contributed by atoms with E-state index in [-0.39, 0.29) is 0 Å². The summed E-state index contributed by atoms with van der Waals surface area (Å²) in [7, 11) is 0. The van der Waals surface area contributed by atoms with E-state index >= 15 is 0 Å². The molecule has 0 saturated carbocycles. The van der Waals surface area contributed by atoms with Crippen molar-refractivity contribution in [2.24, 2.45) is 0 Å². The van der Waals surface area contributed by atoms with Crippen molar-refractivity contribution < 1.29 is 0 Å². The number of alkyl halides is 1. The molecule has 0 amide bonds. The standard InChI is InChI=1S/C15H21Cl/c16-12-5-1-2-7-13-9-6-10-14-8-3-4-11-15(13)14/h3-4,8,11,13H,1-2,5-7,9-10,12H2/t13-/m1/s1. The summed E-state index contributed by atoms with van der Waals surface area (Å²) in [5.41, 5.74) is 3.22. The lowest BCUT2D eigenvalue weighted by Gasteiger charge is -2.25. The van der Waals surface area contributed by atoms with E-state index in [1.165, 1.54) is 44.9 Å². The van der Waals surface area contributed by atoms with E-state index in [1.807, 2.05) is 0 Å². The molecule has 88 valence electrons. The van der Waals surface area contributed by atoms with Gasteiger partial charge in [0, 0.05) is 5.88 Å². The van der Waals surface area contributed by atoms with Gasteiger partial charge in [0.05, 0.1) is 0 Å². The maximum absolute atomic E-state index is 5.70. The van der Waals surface area contributed by atoms with Crippen molar-refractivity contribution in [2.45, 2.75) is 50.9 Å². The Kier molecular flexibility index (Phi) is 4.71. The molecular weight excluding hydrogens is 216 g/mol. The van der Waals surface area contributed by atoms with Gasteiger partial charge in [0.1, 0.15) is 0 Å². The predicted molar refractivity (Wildman–Crippen MR) is 71.3 cm³/mol. The van der Waals surface area contributed by atoms with Crippen LogP contribution in [0, 0.1) is 0 Å². The van der Waals surface area contributed by atoms with Crippen molar-refractivity contribution in [2.75, 3.05) is 5.88 Å².